The van der Waals surface area contributed by atoms with Crippen LogP contribution in [0.15, 0.2) is 47.4 Å². The number of piperidine rings is 1. The number of benzene rings is 2. The number of amides is 1. The first-order chi connectivity index (χ1) is 14.9. The van der Waals surface area contributed by atoms with Crippen LogP contribution >= 0.6 is 11.6 Å². The summed E-state index contributed by atoms with van der Waals surface area (Å²) < 4.78 is 27.5. The number of rotatable bonds is 5. The largest absolute Gasteiger partial charge is 0.360 e. The van der Waals surface area contributed by atoms with Gasteiger partial charge in [-0.05, 0) is 62.4 Å². The number of nitrogens with one attached hydrogen (secondary N) is 1. The molecule has 2 aromatic carbocycles. The molecule has 0 saturated carbocycles. The first kappa shape index (κ1) is 22.1. The van der Waals surface area contributed by atoms with Crippen molar-refractivity contribution in [3.05, 3.63) is 53.1 Å². The van der Waals surface area contributed by atoms with E-state index < -0.39 is 16.1 Å². The molecule has 31 heavy (non-hydrogen) atoms. The second-order valence-corrected chi connectivity index (χ2v) is 10.5. The fraction of sp³-hybridized carbons (Fsp3) is 0.435. The third kappa shape index (κ3) is 4.59. The van der Waals surface area contributed by atoms with Crippen LogP contribution in [0.1, 0.15) is 38.2 Å². The monoisotopic (exact) mass is 461 g/mol. The smallest absolute Gasteiger partial charge is 0.246 e. The van der Waals surface area contributed by atoms with Gasteiger partial charge in [0, 0.05) is 25.3 Å². The number of anilines is 2. The summed E-state index contributed by atoms with van der Waals surface area (Å²) in [5.74, 6) is -0.217. The Morgan fingerprint density at radius 1 is 1.03 bits per heavy atom. The van der Waals surface area contributed by atoms with Crippen LogP contribution in [0.25, 0.3) is 0 Å². The number of sulfonamides is 1. The molecule has 2 heterocycles. The third-order valence-corrected chi connectivity index (χ3v) is 8.37. The van der Waals surface area contributed by atoms with Gasteiger partial charge in [-0.2, -0.15) is 4.31 Å². The van der Waals surface area contributed by atoms with Gasteiger partial charge in [-0.3, -0.25) is 4.79 Å². The zero-order valence-electron chi connectivity index (χ0n) is 17.7. The van der Waals surface area contributed by atoms with Gasteiger partial charge in [0.05, 0.1) is 15.6 Å². The van der Waals surface area contributed by atoms with Crippen LogP contribution in [0.4, 0.5) is 11.4 Å². The topological polar surface area (TPSA) is 69.7 Å². The van der Waals surface area contributed by atoms with E-state index in [1.807, 2.05) is 25.1 Å². The summed E-state index contributed by atoms with van der Waals surface area (Å²) >= 11 is 6.31. The van der Waals surface area contributed by atoms with Crippen LogP contribution in [0.3, 0.4) is 0 Å². The van der Waals surface area contributed by atoms with E-state index in [1.54, 1.807) is 0 Å². The highest BCUT2D eigenvalue weighted by Gasteiger charge is 2.29. The van der Waals surface area contributed by atoms with Crippen LogP contribution < -0.4 is 10.2 Å². The van der Waals surface area contributed by atoms with Gasteiger partial charge < -0.3 is 10.2 Å². The highest BCUT2D eigenvalue weighted by Crippen LogP contribution is 2.31. The van der Waals surface area contributed by atoms with Crippen LogP contribution in [0.5, 0.6) is 0 Å². The Morgan fingerprint density at radius 2 is 1.77 bits per heavy atom. The summed E-state index contributed by atoms with van der Waals surface area (Å²) in [5.41, 5.74) is 2.63. The molecule has 1 atom stereocenters. The van der Waals surface area contributed by atoms with E-state index in [2.05, 4.69) is 16.3 Å². The average Bonchev–Trinajstić information content (AvgIpc) is 2.80. The zero-order valence-corrected chi connectivity index (χ0v) is 19.3. The van der Waals surface area contributed by atoms with Crippen molar-refractivity contribution < 1.29 is 13.2 Å². The van der Waals surface area contributed by atoms with E-state index in [9.17, 15) is 13.2 Å². The second kappa shape index (κ2) is 9.18. The van der Waals surface area contributed by atoms with Crippen LogP contribution in [-0.2, 0) is 21.2 Å². The number of aryl methyl sites for hydroxylation is 1. The van der Waals surface area contributed by atoms with Crippen LogP contribution in [0.2, 0.25) is 5.02 Å². The molecule has 1 saturated heterocycles. The van der Waals surface area contributed by atoms with Crippen molar-refractivity contribution in [1.29, 1.82) is 0 Å². The molecule has 0 spiro atoms. The molecule has 166 valence electrons. The molecule has 1 amide bonds. The number of carbonyl (C=O) groups is 1. The molecule has 0 radical (unpaired) electrons. The van der Waals surface area contributed by atoms with E-state index in [1.165, 1.54) is 28.1 Å². The molecule has 2 aliphatic heterocycles. The fourth-order valence-electron chi connectivity index (χ4n) is 4.36. The van der Waals surface area contributed by atoms with Crippen LogP contribution in [-0.4, -0.2) is 44.3 Å². The predicted octanol–water partition coefficient (Wildman–Crippen LogP) is 4.29. The van der Waals surface area contributed by atoms with Crippen molar-refractivity contribution >= 4 is 38.9 Å². The number of fused-ring (bicyclic) bond motifs is 1. The van der Waals surface area contributed by atoms with Crippen LogP contribution in [0, 0.1) is 0 Å². The second-order valence-electron chi connectivity index (χ2n) is 8.20. The standard InChI is InChI=1S/C23H28ClN3O3S/c1-17(27-15-7-9-18-8-3-4-10-22(18)27)23(28)25-21-16-19(11-12-20(21)24)31(29,30)26-13-5-2-6-14-26/h3-4,8,10-12,16-17H,2,5-7,9,13-15H2,1H3,(H,25,28). The van der Waals surface area contributed by atoms with Gasteiger partial charge in [-0.1, -0.05) is 36.2 Å². The van der Waals surface area contributed by atoms with Gasteiger partial charge in [-0.15, -0.1) is 0 Å². The zero-order chi connectivity index (χ0) is 22.0. The van der Waals surface area contributed by atoms with E-state index in [4.69, 9.17) is 11.6 Å². The first-order valence-electron chi connectivity index (χ1n) is 10.8. The molecular formula is C23H28ClN3O3S. The Hall–Kier alpha value is -2.09. The molecule has 2 aliphatic rings. The lowest BCUT2D eigenvalue weighted by Gasteiger charge is -2.35. The molecule has 1 N–H and O–H groups in total. The van der Waals surface area contributed by atoms with Crippen molar-refractivity contribution in [2.24, 2.45) is 0 Å². The van der Waals surface area contributed by atoms with Gasteiger partial charge in [0.15, 0.2) is 0 Å². The lowest BCUT2D eigenvalue weighted by atomic mass is 10.00. The molecule has 4 rings (SSSR count). The number of hydrogen-bond acceptors (Lipinski definition) is 4. The predicted molar refractivity (Wildman–Crippen MR) is 124 cm³/mol. The minimum Gasteiger partial charge on any atom is -0.360 e. The number of halogens is 1. The average molecular weight is 462 g/mol. The summed E-state index contributed by atoms with van der Waals surface area (Å²) in [6.07, 6.45) is 4.77. The molecule has 6 nitrogen and oxygen atoms in total. The summed E-state index contributed by atoms with van der Waals surface area (Å²) in [5, 5.41) is 3.17. The Labute approximate surface area is 189 Å². The molecule has 1 unspecified atom stereocenters. The number of hydrogen-bond donors (Lipinski definition) is 1. The highest BCUT2D eigenvalue weighted by atomic mass is 35.5. The highest BCUT2D eigenvalue weighted by molar-refractivity contribution is 7.89. The Kier molecular flexibility index (Phi) is 6.55. The lowest BCUT2D eigenvalue weighted by Crippen LogP contribution is -2.44. The molecule has 2 aromatic rings. The summed E-state index contributed by atoms with van der Waals surface area (Å²) in [4.78, 5) is 15.3. The number of para-hydroxylation sites is 1. The molecule has 0 aliphatic carbocycles. The Morgan fingerprint density at radius 3 is 2.55 bits per heavy atom. The van der Waals surface area contributed by atoms with Crippen molar-refractivity contribution in [3.8, 4) is 0 Å². The van der Waals surface area contributed by atoms with Crippen molar-refractivity contribution in [2.75, 3.05) is 29.9 Å². The third-order valence-electron chi connectivity index (χ3n) is 6.14. The Bertz CT molecular complexity index is 1070. The van der Waals surface area contributed by atoms with E-state index in [-0.39, 0.29) is 10.8 Å². The number of nitrogens with zero attached hydrogens (tertiary/aromatic N) is 2. The minimum atomic E-state index is -3.60. The van der Waals surface area contributed by atoms with E-state index >= 15 is 0 Å². The molecular weight excluding hydrogens is 434 g/mol. The van der Waals surface area contributed by atoms with Gasteiger partial charge in [-0.25, -0.2) is 8.42 Å². The molecule has 0 bridgehead atoms. The molecule has 1 fully saturated rings. The van der Waals surface area contributed by atoms with Crippen molar-refractivity contribution in [2.45, 2.75) is 50.0 Å². The lowest BCUT2D eigenvalue weighted by molar-refractivity contribution is -0.117. The molecule has 0 aromatic heterocycles. The summed E-state index contributed by atoms with van der Waals surface area (Å²) in [6.45, 7) is 3.71. The van der Waals surface area contributed by atoms with Crippen molar-refractivity contribution in [1.82, 2.24) is 4.31 Å². The fourth-order valence-corrected chi connectivity index (χ4v) is 6.07. The van der Waals surface area contributed by atoms with Gasteiger partial charge >= 0.3 is 0 Å². The maximum atomic E-state index is 13.1. The first-order valence-corrected chi connectivity index (χ1v) is 12.6. The minimum absolute atomic E-state index is 0.157. The number of carbonyl (C=O) groups excluding carboxylic acids is 1. The maximum Gasteiger partial charge on any atom is 0.246 e. The molecule has 8 heteroatoms. The van der Waals surface area contributed by atoms with Gasteiger partial charge in [0.25, 0.3) is 0 Å². The quantitative estimate of drug-likeness (QED) is 0.720. The Balaban J connectivity index is 1.54. The summed E-state index contributed by atoms with van der Waals surface area (Å²) in [6, 6.07) is 12.2. The maximum absolute atomic E-state index is 13.1. The van der Waals surface area contributed by atoms with Gasteiger partial charge in [0.2, 0.25) is 15.9 Å². The normalized spacial score (nSPS) is 18.3. The SMILES string of the molecule is CC(C(=O)Nc1cc(S(=O)(=O)N2CCCCC2)ccc1Cl)N1CCCc2ccccc21. The van der Waals surface area contributed by atoms with Gasteiger partial charge in [0.1, 0.15) is 6.04 Å². The van der Waals surface area contributed by atoms with Crippen molar-refractivity contribution in [3.63, 3.8) is 0 Å². The van der Waals surface area contributed by atoms with E-state index in [0.29, 0.717) is 23.8 Å². The van der Waals surface area contributed by atoms with E-state index in [0.717, 1.165) is 44.3 Å². The summed E-state index contributed by atoms with van der Waals surface area (Å²) in [7, 11) is -3.60.